The largest absolute Gasteiger partial charge is 0.310 e. The Morgan fingerprint density at radius 2 is 2.15 bits per heavy atom. The zero-order chi connectivity index (χ0) is 14.5. The number of nitrogens with one attached hydrogen (secondary N) is 1. The summed E-state index contributed by atoms with van der Waals surface area (Å²) in [6.07, 6.45) is 4.29. The molecule has 1 atom stereocenters. The van der Waals surface area contributed by atoms with Crippen molar-refractivity contribution in [1.82, 2.24) is 10.2 Å². The Kier molecular flexibility index (Phi) is 5.55. The van der Waals surface area contributed by atoms with Crippen LogP contribution in [-0.4, -0.2) is 31.1 Å². The highest BCUT2D eigenvalue weighted by Gasteiger charge is 2.23. The molecule has 2 rings (SSSR count). The summed E-state index contributed by atoms with van der Waals surface area (Å²) in [4.78, 5) is 2.38. The molecule has 20 heavy (non-hydrogen) atoms. The summed E-state index contributed by atoms with van der Waals surface area (Å²) in [6.45, 7) is 6.62. The minimum Gasteiger partial charge on any atom is -0.310 e. The molecule has 0 saturated carbocycles. The van der Waals surface area contributed by atoms with Gasteiger partial charge in [-0.15, -0.1) is 0 Å². The maximum absolute atomic E-state index is 13.6. The predicted molar refractivity (Wildman–Crippen MR) is 82.5 cm³/mol. The lowest BCUT2D eigenvalue weighted by atomic mass is 10.1. The summed E-state index contributed by atoms with van der Waals surface area (Å²) in [5.41, 5.74) is 2.09. The van der Waals surface area contributed by atoms with Crippen molar-refractivity contribution in [3.63, 3.8) is 0 Å². The summed E-state index contributed by atoms with van der Waals surface area (Å²) >= 11 is 0. The van der Waals surface area contributed by atoms with Gasteiger partial charge in [0.1, 0.15) is 5.82 Å². The number of halogens is 1. The molecule has 1 aliphatic rings. The van der Waals surface area contributed by atoms with Crippen molar-refractivity contribution in [2.45, 2.75) is 51.6 Å². The number of rotatable bonds is 7. The number of fused-ring (bicyclic) bond motifs is 1. The first-order chi connectivity index (χ1) is 9.59. The van der Waals surface area contributed by atoms with E-state index in [0.717, 1.165) is 31.5 Å². The van der Waals surface area contributed by atoms with Gasteiger partial charge in [-0.05, 0) is 76.9 Å². The van der Waals surface area contributed by atoms with E-state index in [1.165, 1.54) is 18.4 Å². The van der Waals surface area contributed by atoms with Gasteiger partial charge >= 0.3 is 0 Å². The molecule has 3 heteroatoms. The molecule has 0 radical (unpaired) electrons. The molecule has 0 heterocycles. The Balaban J connectivity index is 1.71. The standard InChI is InChI=1S/C17H27FN2/c1-13(2)20(3)12-5-4-11-19-17-10-9-14-15(17)7-6-8-16(14)18/h6-8,13,17,19H,4-5,9-12H2,1-3H3. The Bertz CT molecular complexity index is 431. The van der Waals surface area contributed by atoms with Crippen LogP contribution in [0.3, 0.4) is 0 Å². The lowest BCUT2D eigenvalue weighted by Crippen LogP contribution is -2.28. The van der Waals surface area contributed by atoms with E-state index in [1.807, 2.05) is 6.07 Å². The topological polar surface area (TPSA) is 15.3 Å². The first-order valence-corrected chi connectivity index (χ1v) is 7.80. The van der Waals surface area contributed by atoms with Crippen molar-refractivity contribution in [1.29, 1.82) is 0 Å². The summed E-state index contributed by atoms with van der Waals surface area (Å²) in [6, 6.07) is 6.43. The molecule has 1 unspecified atom stereocenters. The highest BCUT2D eigenvalue weighted by Crippen LogP contribution is 2.32. The smallest absolute Gasteiger partial charge is 0.126 e. The van der Waals surface area contributed by atoms with Gasteiger partial charge in [-0.1, -0.05) is 12.1 Å². The molecule has 0 aromatic heterocycles. The first kappa shape index (κ1) is 15.5. The van der Waals surface area contributed by atoms with Crippen LogP contribution in [0.2, 0.25) is 0 Å². The van der Waals surface area contributed by atoms with Crippen LogP contribution >= 0.6 is 0 Å². The zero-order valence-electron chi connectivity index (χ0n) is 13.0. The van der Waals surface area contributed by atoms with Gasteiger partial charge in [0, 0.05) is 12.1 Å². The van der Waals surface area contributed by atoms with E-state index < -0.39 is 0 Å². The summed E-state index contributed by atoms with van der Waals surface area (Å²) in [5, 5.41) is 3.58. The highest BCUT2D eigenvalue weighted by atomic mass is 19.1. The van der Waals surface area contributed by atoms with Crippen molar-refractivity contribution in [2.75, 3.05) is 20.1 Å². The number of nitrogens with zero attached hydrogens (tertiary/aromatic N) is 1. The molecule has 0 amide bonds. The average molecular weight is 278 g/mol. The number of hydrogen-bond donors (Lipinski definition) is 1. The molecule has 0 saturated heterocycles. The number of unbranched alkanes of at least 4 members (excludes halogenated alkanes) is 1. The van der Waals surface area contributed by atoms with Gasteiger partial charge in [-0.2, -0.15) is 0 Å². The maximum atomic E-state index is 13.6. The third-order valence-corrected chi connectivity index (χ3v) is 4.42. The SMILES string of the molecule is CC(C)N(C)CCCCNC1CCc2c(F)cccc21. The molecule has 2 nitrogen and oxygen atoms in total. The minimum atomic E-state index is -0.0367. The zero-order valence-corrected chi connectivity index (χ0v) is 13.0. The van der Waals surface area contributed by atoms with Crippen LogP contribution in [0.25, 0.3) is 0 Å². The van der Waals surface area contributed by atoms with Crippen molar-refractivity contribution in [2.24, 2.45) is 0 Å². The Morgan fingerprint density at radius 3 is 2.90 bits per heavy atom. The van der Waals surface area contributed by atoms with Crippen LogP contribution in [0.1, 0.15) is 50.3 Å². The lowest BCUT2D eigenvalue weighted by Gasteiger charge is -2.21. The van der Waals surface area contributed by atoms with Crippen LogP contribution in [0, 0.1) is 5.82 Å². The normalized spacial score (nSPS) is 18.0. The van der Waals surface area contributed by atoms with E-state index >= 15 is 0 Å². The van der Waals surface area contributed by atoms with Gasteiger partial charge in [-0.25, -0.2) is 4.39 Å². The second-order valence-corrected chi connectivity index (χ2v) is 6.13. The minimum absolute atomic E-state index is 0.0367. The Morgan fingerprint density at radius 1 is 1.35 bits per heavy atom. The van der Waals surface area contributed by atoms with Crippen molar-refractivity contribution in [3.8, 4) is 0 Å². The van der Waals surface area contributed by atoms with Gasteiger partial charge in [0.25, 0.3) is 0 Å². The molecule has 0 aliphatic heterocycles. The quantitative estimate of drug-likeness (QED) is 0.768. The van der Waals surface area contributed by atoms with Crippen molar-refractivity contribution in [3.05, 3.63) is 35.1 Å². The predicted octanol–water partition coefficient (Wildman–Crippen LogP) is 3.52. The second kappa shape index (κ2) is 7.19. The van der Waals surface area contributed by atoms with Gasteiger partial charge < -0.3 is 10.2 Å². The van der Waals surface area contributed by atoms with E-state index in [-0.39, 0.29) is 5.82 Å². The fraction of sp³-hybridized carbons (Fsp3) is 0.647. The molecule has 0 fully saturated rings. The third kappa shape index (κ3) is 3.80. The van der Waals surface area contributed by atoms with E-state index in [2.05, 4.69) is 37.2 Å². The average Bonchev–Trinajstić information content (AvgIpc) is 2.83. The second-order valence-electron chi connectivity index (χ2n) is 6.13. The fourth-order valence-corrected chi connectivity index (χ4v) is 2.84. The molecule has 1 N–H and O–H groups in total. The monoisotopic (exact) mass is 278 g/mol. The van der Waals surface area contributed by atoms with Crippen LogP contribution in [0.15, 0.2) is 18.2 Å². The Hall–Kier alpha value is -0.930. The van der Waals surface area contributed by atoms with E-state index in [4.69, 9.17) is 0 Å². The number of benzene rings is 1. The number of hydrogen-bond acceptors (Lipinski definition) is 2. The van der Waals surface area contributed by atoms with Crippen molar-refractivity contribution >= 4 is 0 Å². The van der Waals surface area contributed by atoms with Crippen LogP contribution in [0.5, 0.6) is 0 Å². The lowest BCUT2D eigenvalue weighted by molar-refractivity contribution is 0.267. The molecule has 1 aromatic rings. The molecular formula is C17H27FN2. The van der Waals surface area contributed by atoms with E-state index in [1.54, 1.807) is 6.07 Å². The molecular weight excluding hydrogens is 251 g/mol. The fourth-order valence-electron chi connectivity index (χ4n) is 2.84. The third-order valence-electron chi connectivity index (χ3n) is 4.42. The van der Waals surface area contributed by atoms with Crippen molar-refractivity contribution < 1.29 is 4.39 Å². The van der Waals surface area contributed by atoms with E-state index in [9.17, 15) is 4.39 Å². The van der Waals surface area contributed by atoms with Gasteiger partial charge in [0.15, 0.2) is 0 Å². The van der Waals surface area contributed by atoms with Gasteiger partial charge in [-0.3, -0.25) is 0 Å². The maximum Gasteiger partial charge on any atom is 0.126 e. The molecule has 0 spiro atoms. The van der Waals surface area contributed by atoms with Gasteiger partial charge in [0.2, 0.25) is 0 Å². The van der Waals surface area contributed by atoms with E-state index in [0.29, 0.717) is 12.1 Å². The first-order valence-electron chi connectivity index (χ1n) is 7.80. The summed E-state index contributed by atoms with van der Waals surface area (Å²) in [5.74, 6) is -0.0367. The summed E-state index contributed by atoms with van der Waals surface area (Å²) in [7, 11) is 2.17. The summed E-state index contributed by atoms with van der Waals surface area (Å²) < 4.78 is 13.6. The van der Waals surface area contributed by atoms with Gasteiger partial charge in [0.05, 0.1) is 0 Å². The molecule has 112 valence electrons. The van der Waals surface area contributed by atoms with Crippen LogP contribution in [-0.2, 0) is 6.42 Å². The van der Waals surface area contributed by atoms with Crippen LogP contribution in [0.4, 0.5) is 4.39 Å². The van der Waals surface area contributed by atoms with Crippen LogP contribution < -0.4 is 5.32 Å². The Labute approximate surface area is 122 Å². The molecule has 1 aromatic carbocycles. The molecule has 0 bridgehead atoms. The molecule has 1 aliphatic carbocycles. The highest BCUT2D eigenvalue weighted by molar-refractivity contribution is 5.35.